The molecule has 9 nitrogen and oxygen atoms in total. The lowest BCUT2D eigenvalue weighted by Gasteiger charge is -2.26. The minimum Gasteiger partial charge on any atom is -0.379 e. The number of ether oxygens (including phenoxy) is 1. The molecule has 0 saturated carbocycles. The summed E-state index contributed by atoms with van der Waals surface area (Å²) < 4.78 is 6.79. The number of nitrogens with zero attached hydrogens (tertiary/aromatic N) is 4. The predicted octanol–water partition coefficient (Wildman–Crippen LogP) is 1.96. The van der Waals surface area contributed by atoms with E-state index >= 15 is 0 Å². The molecule has 0 atom stereocenters. The van der Waals surface area contributed by atoms with Gasteiger partial charge in [-0.05, 0) is 24.6 Å². The van der Waals surface area contributed by atoms with Gasteiger partial charge in [-0.25, -0.2) is 0 Å². The van der Waals surface area contributed by atoms with Gasteiger partial charge in [0.2, 0.25) is 5.91 Å². The van der Waals surface area contributed by atoms with Crippen LogP contribution in [0.2, 0.25) is 0 Å². The third-order valence-electron chi connectivity index (χ3n) is 4.41. The Morgan fingerprint density at radius 3 is 2.85 bits per heavy atom. The molecule has 27 heavy (non-hydrogen) atoms. The van der Waals surface area contributed by atoms with E-state index in [0.717, 1.165) is 44.1 Å². The molecule has 9 heteroatoms. The Bertz CT molecular complexity index is 814. The maximum Gasteiger partial charge on any atom is 0.309 e. The molecule has 3 rings (SSSR count). The van der Waals surface area contributed by atoms with Crippen molar-refractivity contribution in [1.29, 1.82) is 0 Å². The van der Waals surface area contributed by atoms with Crippen molar-refractivity contribution in [1.82, 2.24) is 14.7 Å². The van der Waals surface area contributed by atoms with Gasteiger partial charge in [-0.3, -0.25) is 24.5 Å². The molecule has 144 valence electrons. The van der Waals surface area contributed by atoms with Gasteiger partial charge in [0.1, 0.15) is 11.9 Å². The zero-order valence-corrected chi connectivity index (χ0v) is 15.3. The third kappa shape index (κ3) is 5.35. The molecular weight excluding hydrogens is 350 g/mol. The van der Waals surface area contributed by atoms with Crippen LogP contribution in [0.25, 0.3) is 0 Å². The summed E-state index contributed by atoms with van der Waals surface area (Å²) in [5.74, 6) is -0.158. The zero-order chi connectivity index (χ0) is 19.2. The Morgan fingerprint density at radius 2 is 2.15 bits per heavy atom. The first-order valence-electron chi connectivity index (χ1n) is 8.88. The summed E-state index contributed by atoms with van der Waals surface area (Å²) in [6, 6.07) is 7.78. The summed E-state index contributed by atoms with van der Waals surface area (Å²) in [6.07, 6.45) is 1.54. The van der Waals surface area contributed by atoms with Crippen LogP contribution in [-0.4, -0.2) is 51.8 Å². The van der Waals surface area contributed by atoms with Gasteiger partial charge >= 0.3 is 5.69 Å². The van der Waals surface area contributed by atoms with Crippen molar-refractivity contribution < 1.29 is 14.5 Å². The van der Waals surface area contributed by atoms with E-state index in [2.05, 4.69) is 15.3 Å². The van der Waals surface area contributed by atoms with Crippen molar-refractivity contribution in [2.75, 3.05) is 31.6 Å². The minimum absolute atomic E-state index is 0.0359. The Morgan fingerprint density at radius 1 is 1.37 bits per heavy atom. The van der Waals surface area contributed by atoms with Gasteiger partial charge in [0.05, 0.1) is 18.1 Å². The van der Waals surface area contributed by atoms with E-state index in [1.165, 1.54) is 10.9 Å². The number of aryl methyl sites for hydroxylation is 2. The standard InChI is InChI=1S/C18H23N5O4/c1-14-17(23(25)26)13-22(20-14)6-5-18(24)19-16-4-2-3-15(11-16)12-21-7-9-27-10-8-21/h2-4,11,13H,5-10,12H2,1H3,(H,19,24). The molecule has 1 aromatic carbocycles. The molecule has 0 radical (unpaired) electrons. The summed E-state index contributed by atoms with van der Waals surface area (Å²) in [7, 11) is 0. The zero-order valence-electron chi connectivity index (χ0n) is 15.3. The van der Waals surface area contributed by atoms with E-state index in [9.17, 15) is 14.9 Å². The fourth-order valence-electron chi connectivity index (χ4n) is 3.01. The van der Waals surface area contributed by atoms with E-state index in [0.29, 0.717) is 5.69 Å². The fourth-order valence-corrected chi connectivity index (χ4v) is 3.01. The first-order chi connectivity index (χ1) is 13.0. The molecule has 1 aliphatic rings. The maximum atomic E-state index is 12.2. The lowest BCUT2D eigenvalue weighted by molar-refractivity contribution is -0.385. The summed E-state index contributed by atoms with van der Waals surface area (Å²) in [4.78, 5) is 24.9. The molecule has 1 aliphatic heterocycles. The molecule has 1 saturated heterocycles. The van der Waals surface area contributed by atoms with Gasteiger partial charge in [-0.15, -0.1) is 0 Å². The number of rotatable bonds is 7. The highest BCUT2D eigenvalue weighted by Gasteiger charge is 2.16. The number of anilines is 1. The molecule has 2 aromatic rings. The van der Waals surface area contributed by atoms with E-state index in [4.69, 9.17) is 4.74 Å². The number of benzene rings is 1. The lowest BCUT2D eigenvalue weighted by Crippen LogP contribution is -2.35. The first-order valence-corrected chi connectivity index (χ1v) is 8.88. The van der Waals surface area contributed by atoms with Crippen molar-refractivity contribution >= 4 is 17.3 Å². The average Bonchev–Trinajstić information content (AvgIpc) is 3.02. The summed E-state index contributed by atoms with van der Waals surface area (Å²) in [5.41, 5.74) is 2.18. The van der Waals surface area contributed by atoms with Crippen LogP contribution in [-0.2, 0) is 22.6 Å². The van der Waals surface area contributed by atoms with Crippen molar-refractivity contribution in [3.8, 4) is 0 Å². The predicted molar refractivity (Wildman–Crippen MR) is 99.4 cm³/mol. The van der Waals surface area contributed by atoms with Crippen LogP contribution >= 0.6 is 0 Å². The number of amides is 1. The van der Waals surface area contributed by atoms with Crippen molar-refractivity contribution in [2.24, 2.45) is 0 Å². The quantitative estimate of drug-likeness (QED) is 0.588. The van der Waals surface area contributed by atoms with E-state index < -0.39 is 4.92 Å². The van der Waals surface area contributed by atoms with Crippen LogP contribution < -0.4 is 5.32 Å². The highest BCUT2D eigenvalue weighted by molar-refractivity contribution is 5.90. The summed E-state index contributed by atoms with van der Waals surface area (Å²) >= 11 is 0. The number of hydrogen-bond acceptors (Lipinski definition) is 6. The molecule has 1 amide bonds. The second kappa shape index (κ2) is 8.74. The summed E-state index contributed by atoms with van der Waals surface area (Å²) in [6.45, 7) is 6.01. The van der Waals surface area contributed by atoms with Crippen LogP contribution in [0.15, 0.2) is 30.5 Å². The largest absolute Gasteiger partial charge is 0.379 e. The molecule has 1 fully saturated rings. The Hall–Kier alpha value is -2.78. The van der Waals surface area contributed by atoms with Crippen molar-refractivity contribution in [3.05, 3.63) is 51.8 Å². The monoisotopic (exact) mass is 373 g/mol. The Balaban J connectivity index is 1.52. The van der Waals surface area contributed by atoms with Crippen molar-refractivity contribution in [3.63, 3.8) is 0 Å². The lowest BCUT2D eigenvalue weighted by atomic mass is 10.1. The summed E-state index contributed by atoms with van der Waals surface area (Å²) in [5, 5.41) is 17.8. The van der Waals surface area contributed by atoms with Crippen LogP contribution in [0.3, 0.4) is 0 Å². The molecule has 0 aliphatic carbocycles. The normalized spacial score (nSPS) is 14.9. The topological polar surface area (TPSA) is 103 Å². The SMILES string of the molecule is Cc1nn(CCC(=O)Nc2cccc(CN3CCOCC3)c2)cc1[N+](=O)[O-]. The molecule has 0 spiro atoms. The number of hydrogen-bond donors (Lipinski definition) is 1. The van der Waals surface area contributed by atoms with E-state index in [-0.39, 0.29) is 24.6 Å². The van der Waals surface area contributed by atoms with Crippen LogP contribution in [0.4, 0.5) is 11.4 Å². The second-order valence-electron chi connectivity index (χ2n) is 6.51. The molecule has 0 unspecified atom stereocenters. The number of carbonyl (C=O) groups is 1. The number of morpholine rings is 1. The molecule has 1 N–H and O–H groups in total. The third-order valence-corrected chi connectivity index (χ3v) is 4.41. The van der Waals surface area contributed by atoms with Crippen molar-refractivity contribution in [2.45, 2.75) is 26.4 Å². The van der Waals surface area contributed by atoms with Crippen LogP contribution in [0.1, 0.15) is 17.7 Å². The average molecular weight is 373 g/mol. The molecule has 0 bridgehead atoms. The first kappa shape index (κ1) is 19.0. The number of nitro groups is 1. The van der Waals surface area contributed by atoms with Gasteiger partial charge in [0.25, 0.3) is 0 Å². The fraction of sp³-hybridized carbons (Fsp3) is 0.444. The minimum atomic E-state index is -0.473. The number of carbonyl (C=O) groups excluding carboxylic acids is 1. The highest BCUT2D eigenvalue weighted by atomic mass is 16.6. The van der Waals surface area contributed by atoms with Crippen LogP contribution in [0.5, 0.6) is 0 Å². The molecule has 2 heterocycles. The van der Waals surface area contributed by atoms with Gasteiger partial charge in [0.15, 0.2) is 0 Å². The number of aromatic nitrogens is 2. The molecular formula is C18H23N5O4. The number of nitrogens with one attached hydrogen (secondary N) is 1. The highest BCUT2D eigenvalue weighted by Crippen LogP contribution is 2.16. The van der Waals surface area contributed by atoms with Gasteiger partial charge in [0, 0.05) is 38.3 Å². The smallest absolute Gasteiger partial charge is 0.309 e. The van der Waals surface area contributed by atoms with Crippen LogP contribution in [0, 0.1) is 17.0 Å². The molecule has 1 aromatic heterocycles. The van der Waals surface area contributed by atoms with Gasteiger partial charge in [-0.2, -0.15) is 5.10 Å². The van der Waals surface area contributed by atoms with Gasteiger partial charge < -0.3 is 10.1 Å². The Labute approximate surface area is 157 Å². The van der Waals surface area contributed by atoms with E-state index in [1.54, 1.807) is 6.92 Å². The maximum absolute atomic E-state index is 12.2. The van der Waals surface area contributed by atoms with Gasteiger partial charge in [-0.1, -0.05) is 12.1 Å². The van der Waals surface area contributed by atoms with E-state index in [1.807, 2.05) is 24.3 Å². The Kier molecular flexibility index (Phi) is 6.15. The second-order valence-corrected chi connectivity index (χ2v) is 6.51.